The van der Waals surface area contributed by atoms with Gasteiger partial charge < -0.3 is 8.85 Å². The lowest BCUT2D eigenvalue weighted by Crippen LogP contribution is -2.40. The summed E-state index contributed by atoms with van der Waals surface area (Å²) in [6, 6.07) is 0. The Morgan fingerprint density at radius 1 is 1.11 bits per heavy atom. The highest BCUT2D eigenvalue weighted by Crippen LogP contribution is 2.16. The zero-order valence-corrected chi connectivity index (χ0v) is 13.8. The first kappa shape index (κ1) is 17.9. The summed E-state index contributed by atoms with van der Waals surface area (Å²) in [5.74, 6) is 0. The molecular weight excluding hydrogens is 240 g/mol. The van der Waals surface area contributed by atoms with E-state index in [2.05, 4.69) is 33.9 Å². The molecular formula is C15H32O2Si. The standard InChI is InChI=1S/C15H32O2Si/c1-6-9-11-12-13-15(4)17-18(5,8-3)16-14-10-7-2/h8,15H,3,6-7,9-14H2,1-2,4-5H3. The van der Waals surface area contributed by atoms with Gasteiger partial charge in [0.05, 0.1) is 0 Å². The van der Waals surface area contributed by atoms with Crippen LogP contribution in [0.1, 0.15) is 65.7 Å². The number of rotatable bonds is 12. The predicted octanol–water partition coefficient (Wildman–Crippen LogP) is 4.98. The Morgan fingerprint density at radius 2 is 1.78 bits per heavy atom. The molecule has 0 aromatic carbocycles. The van der Waals surface area contributed by atoms with E-state index >= 15 is 0 Å². The van der Waals surface area contributed by atoms with Crippen molar-refractivity contribution < 1.29 is 8.85 Å². The molecule has 0 bridgehead atoms. The maximum Gasteiger partial charge on any atom is 0.361 e. The summed E-state index contributed by atoms with van der Waals surface area (Å²) in [4.78, 5) is 0. The van der Waals surface area contributed by atoms with E-state index < -0.39 is 8.56 Å². The summed E-state index contributed by atoms with van der Waals surface area (Å²) >= 11 is 0. The Balaban J connectivity index is 3.89. The molecule has 0 rings (SSSR count). The highest BCUT2D eigenvalue weighted by Gasteiger charge is 2.29. The maximum atomic E-state index is 6.11. The zero-order chi connectivity index (χ0) is 13.9. The highest BCUT2D eigenvalue weighted by atomic mass is 28.4. The third-order valence-corrected chi connectivity index (χ3v) is 5.55. The second-order valence-corrected chi connectivity index (χ2v) is 8.16. The molecule has 0 spiro atoms. The molecule has 0 aliphatic heterocycles. The number of hydrogen-bond donors (Lipinski definition) is 0. The van der Waals surface area contributed by atoms with E-state index in [1.54, 1.807) is 0 Å². The summed E-state index contributed by atoms with van der Waals surface area (Å²) in [6.07, 6.45) is 8.87. The Labute approximate surface area is 115 Å². The van der Waals surface area contributed by atoms with Gasteiger partial charge >= 0.3 is 8.56 Å². The molecule has 0 aromatic rings. The van der Waals surface area contributed by atoms with Crippen molar-refractivity contribution in [1.29, 1.82) is 0 Å². The Bertz CT molecular complexity index is 209. The van der Waals surface area contributed by atoms with Crippen LogP contribution in [0.5, 0.6) is 0 Å². The van der Waals surface area contributed by atoms with Gasteiger partial charge in [0.25, 0.3) is 0 Å². The number of unbranched alkanes of at least 4 members (excludes halogenated alkanes) is 4. The first-order chi connectivity index (χ1) is 8.58. The molecule has 0 radical (unpaired) electrons. The van der Waals surface area contributed by atoms with Crippen LogP contribution in [0.25, 0.3) is 0 Å². The zero-order valence-electron chi connectivity index (χ0n) is 12.8. The minimum atomic E-state index is -2.13. The van der Waals surface area contributed by atoms with E-state index in [1.165, 1.54) is 25.7 Å². The maximum absolute atomic E-state index is 6.11. The molecule has 0 heterocycles. The second-order valence-electron chi connectivity index (χ2n) is 5.20. The van der Waals surface area contributed by atoms with Crippen LogP contribution in [0.2, 0.25) is 6.55 Å². The molecule has 2 atom stereocenters. The lowest BCUT2D eigenvalue weighted by atomic mass is 10.1. The first-order valence-corrected chi connectivity index (χ1v) is 9.92. The molecule has 2 unspecified atom stereocenters. The van der Waals surface area contributed by atoms with Crippen molar-refractivity contribution in [3.8, 4) is 0 Å². The van der Waals surface area contributed by atoms with Crippen LogP contribution in [0, 0.1) is 0 Å². The molecule has 18 heavy (non-hydrogen) atoms. The minimum Gasteiger partial charge on any atom is -0.391 e. The fourth-order valence-corrected chi connectivity index (χ4v) is 3.63. The van der Waals surface area contributed by atoms with Crippen LogP contribution < -0.4 is 0 Å². The molecule has 0 aromatic heterocycles. The van der Waals surface area contributed by atoms with Crippen LogP contribution in [0.15, 0.2) is 12.3 Å². The minimum absolute atomic E-state index is 0.290. The van der Waals surface area contributed by atoms with Crippen LogP contribution in [-0.2, 0) is 8.85 Å². The van der Waals surface area contributed by atoms with Gasteiger partial charge in [0.2, 0.25) is 0 Å². The van der Waals surface area contributed by atoms with Gasteiger partial charge in [-0.05, 0) is 32.0 Å². The largest absolute Gasteiger partial charge is 0.391 e. The van der Waals surface area contributed by atoms with Crippen molar-refractivity contribution in [2.75, 3.05) is 6.61 Å². The third-order valence-electron chi connectivity index (χ3n) is 3.16. The molecule has 0 aliphatic rings. The Kier molecular flexibility index (Phi) is 10.7. The monoisotopic (exact) mass is 272 g/mol. The summed E-state index contributed by atoms with van der Waals surface area (Å²) in [5.41, 5.74) is 1.91. The van der Waals surface area contributed by atoms with E-state index in [0.717, 1.165) is 25.9 Å². The summed E-state index contributed by atoms with van der Waals surface area (Å²) in [7, 11) is -2.13. The molecule has 0 fully saturated rings. The number of hydrogen-bond acceptors (Lipinski definition) is 2. The van der Waals surface area contributed by atoms with E-state index in [-0.39, 0.29) is 6.10 Å². The lowest BCUT2D eigenvalue weighted by molar-refractivity contribution is 0.126. The molecule has 0 N–H and O–H groups in total. The van der Waals surface area contributed by atoms with E-state index in [1.807, 2.05) is 5.70 Å². The SMILES string of the molecule is C=C[Si](C)(OCCCC)OC(C)CCCCCC. The fourth-order valence-electron chi connectivity index (χ4n) is 1.88. The van der Waals surface area contributed by atoms with Gasteiger partial charge in [0, 0.05) is 12.7 Å². The molecule has 0 saturated carbocycles. The van der Waals surface area contributed by atoms with Gasteiger partial charge in [-0.15, -0.1) is 6.58 Å². The van der Waals surface area contributed by atoms with Crippen LogP contribution in [0.4, 0.5) is 0 Å². The normalized spacial score (nSPS) is 16.2. The van der Waals surface area contributed by atoms with Crippen LogP contribution >= 0.6 is 0 Å². The summed E-state index contributed by atoms with van der Waals surface area (Å²) in [6.45, 7) is 13.4. The first-order valence-electron chi connectivity index (χ1n) is 7.53. The van der Waals surface area contributed by atoms with Gasteiger partial charge in [-0.3, -0.25) is 0 Å². The quantitative estimate of drug-likeness (QED) is 0.368. The van der Waals surface area contributed by atoms with E-state index in [0.29, 0.717) is 0 Å². The van der Waals surface area contributed by atoms with Gasteiger partial charge in [-0.1, -0.05) is 46.0 Å². The topological polar surface area (TPSA) is 18.5 Å². The van der Waals surface area contributed by atoms with Crippen molar-refractivity contribution in [3.05, 3.63) is 12.3 Å². The van der Waals surface area contributed by atoms with Crippen molar-refractivity contribution in [1.82, 2.24) is 0 Å². The molecule has 108 valence electrons. The smallest absolute Gasteiger partial charge is 0.361 e. The van der Waals surface area contributed by atoms with E-state index in [9.17, 15) is 0 Å². The molecule has 0 aliphatic carbocycles. The van der Waals surface area contributed by atoms with Crippen molar-refractivity contribution in [2.45, 2.75) is 78.4 Å². The highest BCUT2D eigenvalue weighted by molar-refractivity contribution is 6.71. The van der Waals surface area contributed by atoms with Gasteiger partial charge in [0.1, 0.15) is 0 Å². The molecule has 2 nitrogen and oxygen atoms in total. The average Bonchev–Trinajstić information content (AvgIpc) is 2.35. The average molecular weight is 273 g/mol. The van der Waals surface area contributed by atoms with Gasteiger partial charge in [-0.25, -0.2) is 0 Å². The summed E-state index contributed by atoms with van der Waals surface area (Å²) in [5, 5.41) is 0. The Morgan fingerprint density at radius 3 is 2.33 bits per heavy atom. The van der Waals surface area contributed by atoms with Gasteiger partial charge in [0.15, 0.2) is 0 Å². The molecule has 0 amide bonds. The van der Waals surface area contributed by atoms with Crippen molar-refractivity contribution in [3.63, 3.8) is 0 Å². The fraction of sp³-hybridized carbons (Fsp3) is 0.867. The van der Waals surface area contributed by atoms with E-state index in [4.69, 9.17) is 8.85 Å². The van der Waals surface area contributed by atoms with Crippen molar-refractivity contribution >= 4 is 8.56 Å². The third kappa shape index (κ3) is 8.89. The predicted molar refractivity (Wildman–Crippen MR) is 82.0 cm³/mol. The Hall–Kier alpha value is -0.123. The van der Waals surface area contributed by atoms with Crippen LogP contribution in [0.3, 0.4) is 0 Å². The van der Waals surface area contributed by atoms with Gasteiger partial charge in [-0.2, -0.15) is 0 Å². The summed E-state index contributed by atoms with van der Waals surface area (Å²) < 4.78 is 12.0. The van der Waals surface area contributed by atoms with Crippen molar-refractivity contribution in [2.24, 2.45) is 0 Å². The van der Waals surface area contributed by atoms with Crippen LogP contribution in [-0.4, -0.2) is 21.3 Å². The lowest BCUT2D eigenvalue weighted by Gasteiger charge is -2.27. The molecule has 0 saturated heterocycles. The molecule has 3 heteroatoms. The second kappa shape index (κ2) is 10.8.